The van der Waals surface area contributed by atoms with Crippen LogP contribution in [0, 0.1) is 0 Å². The van der Waals surface area contributed by atoms with Gasteiger partial charge in [-0.25, -0.2) is 4.98 Å². The zero-order valence-corrected chi connectivity index (χ0v) is 10.6. The van der Waals surface area contributed by atoms with Crippen molar-refractivity contribution in [3.05, 3.63) is 29.5 Å². The Hall–Kier alpha value is -1.17. The molecule has 0 unspecified atom stereocenters. The first-order valence-electron chi connectivity index (χ1n) is 5.58. The van der Waals surface area contributed by atoms with E-state index in [1.54, 1.807) is 24.7 Å². The first kappa shape index (κ1) is 12.3. The number of rotatable bonds is 7. The van der Waals surface area contributed by atoms with Crippen LogP contribution in [0.5, 0.6) is 0 Å². The van der Waals surface area contributed by atoms with Gasteiger partial charge in [0.1, 0.15) is 0 Å². The van der Waals surface area contributed by atoms with Gasteiger partial charge in [0.25, 0.3) is 0 Å². The van der Waals surface area contributed by atoms with E-state index in [4.69, 9.17) is 9.15 Å². The van der Waals surface area contributed by atoms with Gasteiger partial charge >= 0.3 is 0 Å². The van der Waals surface area contributed by atoms with Crippen LogP contribution in [0.25, 0.3) is 10.8 Å². The van der Waals surface area contributed by atoms with Gasteiger partial charge in [0.2, 0.25) is 0 Å². The molecule has 0 amide bonds. The molecule has 0 saturated heterocycles. The van der Waals surface area contributed by atoms with Gasteiger partial charge in [0.15, 0.2) is 10.8 Å². The lowest BCUT2D eigenvalue weighted by molar-refractivity contribution is 0.194. The fraction of sp³-hybridized carbons (Fsp3) is 0.417. The molecule has 5 heteroatoms. The summed E-state index contributed by atoms with van der Waals surface area (Å²) in [5.41, 5.74) is 1.05. The Balaban J connectivity index is 1.79. The number of methoxy groups -OCH3 is 1. The van der Waals surface area contributed by atoms with Crippen molar-refractivity contribution in [2.45, 2.75) is 13.0 Å². The number of hydrogen-bond acceptors (Lipinski definition) is 5. The molecular formula is C12H16N2O2S. The molecule has 1 N–H and O–H groups in total. The van der Waals surface area contributed by atoms with E-state index in [9.17, 15) is 0 Å². The molecule has 0 bridgehead atoms. The van der Waals surface area contributed by atoms with Crippen molar-refractivity contribution in [1.82, 2.24) is 10.3 Å². The predicted molar refractivity (Wildman–Crippen MR) is 68.0 cm³/mol. The lowest BCUT2D eigenvalue weighted by atomic mass is 10.4. The molecule has 4 nitrogen and oxygen atoms in total. The zero-order chi connectivity index (χ0) is 11.9. The first-order valence-corrected chi connectivity index (χ1v) is 6.46. The monoisotopic (exact) mass is 252 g/mol. The van der Waals surface area contributed by atoms with E-state index in [1.165, 1.54) is 0 Å². The largest absolute Gasteiger partial charge is 0.462 e. The van der Waals surface area contributed by atoms with E-state index < -0.39 is 0 Å². The van der Waals surface area contributed by atoms with Gasteiger partial charge in [-0.2, -0.15) is 0 Å². The van der Waals surface area contributed by atoms with Gasteiger partial charge in [-0.1, -0.05) is 0 Å². The van der Waals surface area contributed by atoms with Crippen LogP contribution in [0.15, 0.2) is 28.2 Å². The number of hydrogen-bond donors (Lipinski definition) is 1. The highest BCUT2D eigenvalue weighted by Gasteiger charge is 2.06. The second-order valence-electron chi connectivity index (χ2n) is 3.64. The Morgan fingerprint density at radius 2 is 2.47 bits per heavy atom. The van der Waals surface area contributed by atoms with Gasteiger partial charge in [-0.05, 0) is 25.1 Å². The molecule has 0 aromatic carbocycles. The Kier molecular flexibility index (Phi) is 4.73. The second kappa shape index (κ2) is 6.54. The summed E-state index contributed by atoms with van der Waals surface area (Å²) in [7, 11) is 1.72. The molecule has 2 rings (SSSR count). The predicted octanol–water partition coefficient (Wildman–Crippen LogP) is 2.53. The van der Waals surface area contributed by atoms with Crippen LogP contribution in [0.3, 0.4) is 0 Å². The number of aromatic nitrogens is 1. The topological polar surface area (TPSA) is 47.3 Å². The summed E-state index contributed by atoms with van der Waals surface area (Å²) in [5, 5.41) is 6.32. The lowest BCUT2D eigenvalue weighted by Crippen LogP contribution is -2.16. The zero-order valence-electron chi connectivity index (χ0n) is 9.81. The summed E-state index contributed by atoms with van der Waals surface area (Å²) in [6, 6.07) is 3.80. The van der Waals surface area contributed by atoms with Crippen LogP contribution in [0.2, 0.25) is 0 Å². The van der Waals surface area contributed by atoms with Crippen LogP contribution in [-0.2, 0) is 11.3 Å². The highest BCUT2D eigenvalue weighted by Crippen LogP contribution is 2.23. The first-order chi connectivity index (χ1) is 8.40. The molecule has 2 aromatic heterocycles. The molecule has 0 aliphatic rings. The van der Waals surface area contributed by atoms with Crippen molar-refractivity contribution < 1.29 is 9.15 Å². The fourth-order valence-electron chi connectivity index (χ4n) is 1.46. The third-order valence-electron chi connectivity index (χ3n) is 2.29. The molecule has 0 atom stereocenters. The van der Waals surface area contributed by atoms with E-state index in [2.05, 4.69) is 15.7 Å². The highest BCUT2D eigenvalue weighted by atomic mass is 32.1. The normalized spacial score (nSPS) is 10.9. The molecule has 17 heavy (non-hydrogen) atoms. The number of furan rings is 1. The molecule has 0 spiro atoms. The number of nitrogens with one attached hydrogen (secondary N) is 1. The Morgan fingerprint density at radius 1 is 1.53 bits per heavy atom. The van der Waals surface area contributed by atoms with Crippen LogP contribution < -0.4 is 5.32 Å². The van der Waals surface area contributed by atoms with Crippen LogP contribution >= 0.6 is 11.3 Å². The minimum Gasteiger partial charge on any atom is -0.462 e. The SMILES string of the molecule is COCCCNCc1csc(-c2ccco2)n1. The molecule has 0 fully saturated rings. The van der Waals surface area contributed by atoms with Crippen molar-refractivity contribution in [3.63, 3.8) is 0 Å². The van der Waals surface area contributed by atoms with Crippen LogP contribution in [0.1, 0.15) is 12.1 Å². The quantitative estimate of drug-likeness (QED) is 0.769. The standard InChI is InChI=1S/C12H16N2O2S/c1-15-6-3-5-13-8-10-9-17-12(14-10)11-4-2-7-16-11/h2,4,7,9,13H,3,5-6,8H2,1H3. The second-order valence-corrected chi connectivity index (χ2v) is 4.50. The molecule has 0 aliphatic heterocycles. The molecule has 2 aromatic rings. The van der Waals surface area contributed by atoms with Crippen LogP contribution in [0.4, 0.5) is 0 Å². The highest BCUT2D eigenvalue weighted by molar-refractivity contribution is 7.13. The Morgan fingerprint density at radius 3 is 3.24 bits per heavy atom. The molecule has 0 aliphatic carbocycles. The fourth-order valence-corrected chi connectivity index (χ4v) is 2.25. The average molecular weight is 252 g/mol. The maximum atomic E-state index is 5.30. The van der Waals surface area contributed by atoms with Gasteiger partial charge < -0.3 is 14.5 Å². The third-order valence-corrected chi connectivity index (χ3v) is 3.20. The summed E-state index contributed by atoms with van der Waals surface area (Å²) in [6.07, 6.45) is 2.69. The van der Waals surface area contributed by atoms with E-state index in [0.29, 0.717) is 0 Å². The van der Waals surface area contributed by atoms with E-state index in [1.807, 2.05) is 12.1 Å². The molecule has 2 heterocycles. The van der Waals surface area contributed by atoms with Gasteiger partial charge in [0.05, 0.1) is 12.0 Å². The molecule has 92 valence electrons. The summed E-state index contributed by atoms with van der Waals surface area (Å²) < 4.78 is 10.3. The summed E-state index contributed by atoms with van der Waals surface area (Å²) in [5.74, 6) is 0.834. The molecule has 0 radical (unpaired) electrons. The van der Waals surface area contributed by atoms with Crippen molar-refractivity contribution in [2.24, 2.45) is 0 Å². The number of thiazole rings is 1. The summed E-state index contributed by atoms with van der Waals surface area (Å²) in [6.45, 7) is 2.53. The van der Waals surface area contributed by atoms with Crippen LogP contribution in [-0.4, -0.2) is 25.2 Å². The van der Waals surface area contributed by atoms with Gasteiger partial charge in [0, 0.05) is 25.6 Å². The molecular weight excluding hydrogens is 236 g/mol. The molecule has 0 saturated carbocycles. The minimum atomic E-state index is 0.793. The summed E-state index contributed by atoms with van der Waals surface area (Å²) in [4.78, 5) is 4.50. The lowest BCUT2D eigenvalue weighted by Gasteiger charge is -2.01. The Bertz CT molecular complexity index is 425. The van der Waals surface area contributed by atoms with Crippen molar-refractivity contribution >= 4 is 11.3 Å². The van der Waals surface area contributed by atoms with Crippen molar-refractivity contribution in [2.75, 3.05) is 20.3 Å². The average Bonchev–Trinajstić information content (AvgIpc) is 2.99. The maximum Gasteiger partial charge on any atom is 0.162 e. The minimum absolute atomic E-state index is 0.793. The van der Waals surface area contributed by atoms with Crippen molar-refractivity contribution in [3.8, 4) is 10.8 Å². The Labute approximate surface area is 105 Å². The summed E-state index contributed by atoms with van der Waals surface area (Å²) >= 11 is 1.61. The van der Waals surface area contributed by atoms with Gasteiger partial charge in [-0.3, -0.25) is 0 Å². The third kappa shape index (κ3) is 3.66. The van der Waals surface area contributed by atoms with E-state index >= 15 is 0 Å². The number of nitrogens with zero attached hydrogens (tertiary/aromatic N) is 1. The van der Waals surface area contributed by atoms with E-state index in [-0.39, 0.29) is 0 Å². The van der Waals surface area contributed by atoms with Crippen molar-refractivity contribution in [1.29, 1.82) is 0 Å². The number of ether oxygens (including phenoxy) is 1. The maximum absolute atomic E-state index is 5.30. The smallest absolute Gasteiger partial charge is 0.162 e. The van der Waals surface area contributed by atoms with Gasteiger partial charge in [-0.15, -0.1) is 11.3 Å². The van der Waals surface area contributed by atoms with E-state index in [0.717, 1.165) is 42.6 Å².